The second kappa shape index (κ2) is 6.95. The van der Waals surface area contributed by atoms with Crippen LogP contribution in [0.4, 0.5) is 4.39 Å². The van der Waals surface area contributed by atoms with Crippen molar-refractivity contribution in [1.29, 1.82) is 0 Å². The summed E-state index contributed by atoms with van der Waals surface area (Å²) in [4.78, 5) is 12.7. The normalized spacial score (nSPS) is 16.0. The van der Waals surface area contributed by atoms with Crippen molar-refractivity contribution in [2.75, 3.05) is 6.54 Å². The molecule has 0 unspecified atom stereocenters. The summed E-state index contributed by atoms with van der Waals surface area (Å²) in [5.74, 6) is 2.00. The molecule has 0 bridgehead atoms. The van der Waals surface area contributed by atoms with Crippen LogP contribution < -0.4 is 5.32 Å². The van der Waals surface area contributed by atoms with Crippen LogP contribution in [0.5, 0.6) is 0 Å². The number of aromatic nitrogens is 2. The average molecular weight is 365 g/mol. The van der Waals surface area contributed by atoms with Gasteiger partial charge >= 0.3 is 0 Å². The molecule has 1 aliphatic carbocycles. The summed E-state index contributed by atoms with van der Waals surface area (Å²) in [6, 6.07) is 6.48. The second-order valence-corrected chi connectivity index (χ2v) is 6.88. The van der Waals surface area contributed by atoms with Gasteiger partial charge in [0, 0.05) is 37.1 Å². The monoisotopic (exact) mass is 365 g/mol. The number of hydrogen-bond acceptors (Lipinski definition) is 4. The van der Waals surface area contributed by atoms with Crippen molar-refractivity contribution in [3.63, 3.8) is 0 Å². The lowest BCUT2D eigenvalue weighted by Crippen LogP contribution is -2.29. The zero-order valence-corrected chi connectivity index (χ0v) is 14.9. The van der Waals surface area contributed by atoms with Crippen molar-refractivity contribution in [1.82, 2.24) is 15.1 Å². The van der Waals surface area contributed by atoms with Crippen LogP contribution in [0.2, 0.25) is 0 Å². The Bertz CT molecular complexity index is 950. The summed E-state index contributed by atoms with van der Waals surface area (Å²) in [6.45, 7) is 0.442. The Labute approximate surface area is 156 Å². The summed E-state index contributed by atoms with van der Waals surface area (Å²) >= 11 is 0. The first-order valence-corrected chi connectivity index (χ1v) is 9.15. The maximum atomic E-state index is 14.2. The molecule has 2 aromatic rings. The standard InChI is InChI=1S/C20H20FN5O/c1-2-3-11-20(24-25-20)12-13-22-19(27)18-14-7-6-10-16(14)26(23-18)17-9-5-4-8-15(17)21/h1,4-5,8-9H,3,6-7,10-13H2,(H,22,27). The molecule has 0 saturated carbocycles. The molecule has 138 valence electrons. The Morgan fingerprint density at radius 3 is 2.85 bits per heavy atom. The van der Waals surface area contributed by atoms with Crippen LogP contribution in [0.15, 0.2) is 34.5 Å². The minimum absolute atomic E-state index is 0.240. The highest BCUT2D eigenvalue weighted by atomic mass is 19.1. The SMILES string of the molecule is C#CCCC1(CCNC(=O)c2nn(-c3ccccc3F)c3c2CCC3)N=N1. The molecular weight excluding hydrogens is 345 g/mol. The molecule has 1 aliphatic heterocycles. The van der Waals surface area contributed by atoms with E-state index in [2.05, 4.69) is 26.6 Å². The van der Waals surface area contributed by atoms with E-state index in [4.69, 9.17) is 6.42 Å². The fourth-order valence-corrected chi connectivity index (χ4v) is 3.57. The van der Waals surface area contributed by atoms with Crippen LogP contribution in [0.25, 0.3) is 5.69 Å². The second-order valence-electron chi connectivity index (χ2n) is 6.88. The molecule has 2 aliphatic rings. The van der Waals surface area contributed by atoms with E-state index in [1.165, 1.54) is 6.07 Å². The zero-order chi connectivity index (χ0) is 18.9. The average Bonchev–Trinajstić information content (AvgIpc) is 3.11. The topological polar surface area (TPSA) is 71.6 Å². The summed E-state index contributed by atoms with van der Waals surface area (Å²) in [5, 5.41) is 15.5. The van der Waals surface area contributed by atoms with Crippen molar-refractivity contribution < 1.29 is 9.18 Å². The predicted molar refractivity (Wildman–Crippen MR) is 98.2 cm³/mol. The van der Waals surface area contributed by atoms with Gasteiger partial charge < -0.3 is 5.32 Å². The van der Waals surface area contributed by atoms with Gasteiger partial charge in [0.05, 0.1) is 0 Å². The van der Waals surface area contributed by atoms with Gasteiger partial charge in [-0.15, -0.1) is 12.3 Å². The van der Waals surface area contributed by atoms with Gasteiger partial charge in [0.2, 0.25) is 0 Å². The largest absolute Gasteiger partial charge is 0.350 e. The minimum Gasteiger partial charge on any atom is -0.350 e. The number of carbonyl (C=O) groups is 1. The Morgan fingerprint density at radius 2 is 2.11 bits per heavy atom. The van der Waals surface area contributed by atoms with Crippen molar-refractivity contribution in [2.45, 2.75) is 44.2 Å². The van der Waals surface area contributed by atoms with E-state index in [1.54, 1.807) is 22.9 Å². The number of fused-ring (bicyclic) bond motifs is 1. The zero-order valence-electron chi connectivity index (χ0n) is 14.9. The number of rotatable bonds is 7. The highest BCUT2D eigenvalue weighted by Gasteiger charge is 2.38. The van der Waals surface area contributed by atoms with Crippen LogP contribution in [0.3, 0.4) is 0 Å². The van der Waals surface area contributed by atoms with Crippen molar-refractivity contribution in [3.05, 3.63) is 47.0 Å². The van der Waals surface area contributed by atoms with E-state index >= 15 is 0 Å². The van der Waals surface area contributed by atoms with Crippen molar-refractivity contribution >= 4 is 5.91 Å². The summed E-state index contributed by atoms with van der Waals surface area (Å²) < 4.78 is 15.8. The lowest BCUT2D eigenvalue weighted by Gasteiger charge is -2.09. The fourth-order valence-electron chi connectivity index (χ4n) is 3.57. The maximum Gasteiger partial charge on any atom is 0.272 e. The number of halogens is 1. The molecule has 4 rings (SSSR count). The smallest absolute Gasteiger partial charge is 0.272 e. The summed E-state index contributed by atoms with van der Waals surface area (Å²) in [6.07, 6.45) is 9.74. The summed E-state index contributed by atoms with van der Waals surface area (Å²) in [7, 11) is 0. The number of carbonyl (C=O) groups excluding carboxylic acids is 1. The first kappa shape index (κ1) is 17.4. The molecule has 1 aromatic heterocycles. The van der Waals surface area contributed by atoms with E-state index < -0.39 is 5.66 Å². The molecule has 0 spiro atoms. The maximum absolute atomic E-state index is 14.2. The molecule has 6 nitrogen and oxygen atoms in total. The first-order chi connectivity index (χ1) is 13.1. The molecule has 0 fully saturated rings. The van der Waals surface area contributed by atoms with Crippen molar-refractivity contribution in [2.24, 2.45) is 10.2 Å². The highest BCUT2D eigenvalue weighted by Crippen LogP contribution is 2.36. The molecule has 27 heavy (non-hydrogen) atoms. The third-order valence-electron chi connectivity index (χ3n) is 5.09. The van der Waals surface area contributed by atoms with Gasteiger partial charge in [-0.2, -0.15) is 15.3 Å². The van der Waals surface area contributed by atoms with Crippen LogP contribution in [-0.2, 0) is 12.8 Å². The quantitative estimate of drug-likeness (QED) is 0.766. The van der Waals surface area contributed by atoms with Gasteiger partial charge in [-0.1, -0.05) is 12.1 Å². The molecule has 1 aromatic carbocycles. The van der Waals surface area contributed by atoms with E-state index in [-0.39, 0.29) is 11.7 Å². The molecule has 7 heteroatoms. The van der Waals surface area contributed by atoms with Gasteiger partial charge in [0.15, 0.2) is 11.4 Å². The van der Waals surface area contributed by atoms with Crippen LogP contribution >= 0.6 is 0 Å². The number of benzene rings is 1. The number of nitrogens with zero attached hydrogens (tertiary/aromatic N) is 4. The number of nitrogens with one attached hydrogen (secondary N) is 1. The number of terminal acetylenes is 1. The van der Waals surface area contributed by atoms with Crippen LogP contribution in [0, 0.1) is 18.2 Å². The third kappa shape index (κ3) is 3.35. The minimum atomic E-state index is -0.422. The number of hydrogen-bond donors (Lipinski definition) is 1. The molecule has 1 amide bonds. The van der Waals surface area contributed by atoms with Crippen LogP contribution in [-0.4, -0.2) is 27.9 Å². The summed E-state index contributed by atoms with van der Waals surface area (Å²) in [5.41, 5.74) is 2.17. The Balaban J connectivity index is 1.48. The van der Waals surface area contributed by atoms with E-state index in [9.17, 15) is 9.18 Å². The third-order valence-corrected chi connectivity index (χ3v) is 5.09. The van der Waals surface area contributed by atoms with Crippen LogP contribution in [0.1, 0.15) is 47.4 Å². The Morgan fingerprint density at radius 1 is 1.30 bits per heavy atom. The molecule has 0 saturated heterocycles. The fraction of sp³-hybridized carbons (Fsp3) is 0.400. The van der Waals surface area contributed by atoms with Gasteiger partial charge in [0.25, 0.3) is 5.91 Å². The predicted octanol–water partition coefficient (Wildman–Crippen LogP) is 3.20. The van der Waals surface area contributed by atoms with Crippen molar-refractivity contribution in [3.8, 4) is 18.0 Å². The lowest BCUT2D eigenvalue weighted by atomic mass is 10.0. The molecule has 2 heterocycles. The number of amides is 1. The molecule has 0 atom stereocenters. The van der Waals surface area contributed by atoms with Gasteiger partial charge in [-0.05, 0) is 31.4 Å². The van der Waals surface area contributed by atoms with E-state index in [1.807, 2.05) is 0 Å². The van der Waals surface area contributed by atoms with Gasteiger partial charge in [-0.3, -0.25) is 4.79 Å². The Hall–Kier alpha value is -3.01. The number of para-hydroxylation sites is 1. The van der Waals surface area contributed by atoms with Gasteiger partial charge in [0.1, 0.15) is 11.5 Å². The molecular formula is C20H20FN5O. The van der Waals surface area contributed by atoms with Gasteiger partial charge in [-0.25, -0.2) is 9.07 Å². The molecule has 0 radical (unpaired) electrons. The first-order valence-electron chi connectivity index (χ1n) is 9.15. The molecule has 1 N–H and O–H groups in total. The lowest BCUT2D eigenvalue weighted by molar-refractivity contribution is 0.0945. The Kier molecular flexibility index (Phi) is 4.48. The highest BCUT2D eigenvalue weighted by molar-refractivity contribution is 5.94. The van der Waals surface area contributed by atoms with E-state index in [0.29, 0.717) is 37.2 Å². The van der Waals surface area contributed by atoms with E-state index in [0.717, 1.165) is 30.5 Å².